The van der Waals surface area contributed by atoms with Crippen molar-refractivity contribution in [2.45, 2.75) is 52.9 Å². The molecule has 1 N–H and O–H groups in total. The van der Waals surface area contributed by atoms with E-state index in [2.05, 4.69) is 40.4 Å². The predicted octanol–water partition coefficient (Wildman–Crippen LogP) is 2.64. The van der Waals surface area contributed by atoms with Gasteiger partial charge in [0.1, 0.15) is 0 Å². The molecule has 0 aromatic carbocycles. The van der Waals surface area contributed by atoms with Crippen molar-refractivity contribution in [1.82, 2.24) is 0 Å². The second-order valence-corrected chi connectivity index (χ2v) is 10.4. The van der Waals surface area contributed by atoms with Crippen LogP contribution < -0.4 is 0 Å². The van der Waals surface area contributed by atoms with Gasteiger partial charge < -0.3 is 9.53 Å². The van der Waals surface area contributed by atoms with E-state index in [1.54, 1.807) is 0 Å². The number of aliphatic hydroxyl groups is 1. The summed E-state index contributed by atoms with van der Waals surface area (Å²) in [6.45, 7) is 13.3. The fourth-order valence-corrected chi connectivity index (χ4v) is 1.80. The second-order valence-electron chi connectivity index (χ2n) is 5.84. The van der Waals surface area contributed by atoms with E-state index in [4.69, 9.17) is 4.43 Å². The van der Waals surface area contributed by atoms with Gasteiger partial charge >= 0.3 is 0 Å². The first-order valence-corrected chi connectivity index (χ1v) is 8.33. The van der Waals surface area contributed by atoms with E-state index >= 15 is 0 Å². The molecule has 0 fully saturated rings. The van der Waals surface area contributed by atoms with Crippen LogP contribution in [-0.2, 0) is 4.43 Å². The Labute approximate surface area is 83.4 Å². The van der Waals surface area contributed by atoms with Crippen molar-refractivity contribution in [1.29, 1.82) is 0 Å². The summed E-state index contributed by atoms with van der Waals surface area (Å²) in [5.41, 5.74) is 0.183. The molecule has 0 aliphatic carbocycles. The third kappa shape index (κ3) is 10.1. The Balaban J connectivity index is 3.70. The van der Waals surface area contributed by atoms with Crippen LogP contribution in [-0.4, -0.2) is 26.1 Å². The average molecular weight is 204 g/mol. The SMILES string of the molecule is CC(C)(C)CC(O)CO[Si](C)(C)C. The largest absolute Gasteiger partial charge is 0.415 e. The lowest BCUT2D eigenvalue weighted by atomic mass is 9.89. The summed E-state index contributed by atoms with van der Waals surface area (Å²) in [6, 6.07) is 0. The first-order chi connectivity index (χ1) is 5.60. The number of rotatable bonds is 4. The van der Waals surface area contributed by atoms with Crippen molar-refractivity contribution >= 4 is 8.32 Å². The Morgan fingerprint density at radius 2 is 1.69 bits per heavy atom. The van der Waals surface area contributed by atoms with Gasteiger partial charge in [-0.25, -0.2) is 0 Å². The van der Waals surface area contributed by atoms with Gasteiger partial charge in [0, 0.05) is 0 Å². The van der Waals surface area contributed by atoms with Crippen LogP contribution in [0.3, 0.4) is 0 Å². The van der Waals surface area contributed by atoms with Gasteiger partial charge in [-0.1, -0.05) is 20.8 Å². The van der Waals surface area contributed by atoms with Crippen molar-refractivity contribution in [3.05, 3.63) is 0 Å². The van der Waals surface area contributed by atoms with Crippen LogP contribution in [0.2, 0.25) is 19.6 Å². The number of hydrogen-bond donors (Lipinski definition) is 1. The molecule has 0 radical (unpaired) electrons. The molecular formula is C10H24O2Si. The van der Waals surface area contributed by atoms with Crippen molar-refractivity contribution < 1.29 is 9.53 Å². The minimum atomic E-state index is -1.46. The molecule has 80 valence electrons. The Morgan fingerprint density at radius 1 is 1.23 bits per heavy atom. The highest BCUT2D eigenvalue weighted by atomic mass is 28.4. The van der Waals surface area contributed by atoms with Gasteiger partial charge in [-0.15, -0.1) is 0 Å². The van der Waals surface area contributed by atoms with Gasteiger partial charge in [0.05, 0.1) is 12.7 Å². The van der Waals surface area contributed by atoms with Crippen LogP contribution in [0.5, 0.6) is 0 Å². The molecule has 1 atom stereocenters. The summed E-state index contributed by atoms with van der Waals surface area (Å²) in [5, 5.41) is 9.65. The van der Waals surface area contributed by atoms with Crippen molar-refractivity contribution in [2.24, 2.45) is 5.41 Å². The lowest BCUT2D eigenvalue weighted by Crippen LogP contribution is -2.32. The molecule has 2 nitrogen and oxygen atoms in total. The lowest BCUT2D eigenvalue weighted by molar-refractivity contribution is 0.0682. The summed E-state index contributed by atoms with van der Waals surface area (Å²) < 4.78 is 5.63. The molecule has 1 unspecified atom stereocenters. The summed E-state index contributed by atoms with van der Waals surface area (Å²) in [6.07, 6.45) is 0.490. The molecule has 0 aliphatic heterocycles. The van der Waals surface area contributed by atoms with Crippen LogP contribution in [0.25, 0.3) is 0 Å². The molecule has 0 heterocycles. The Hall–Kier alpha value is 0.137. The average Bonchev–Trinajstić information content (AvgIpc) is 1.78. The Kier molecular flexibility index (Phi) is 4.62. The Morgan fingerprint density at radius 3 is 2.00 bits per heavy atom. The standard InChI is InChI=1S/C10H24O2Si/c1-10(2,3)7-9(11)8-12-13(4,5)6/h9,11H,7-8H2,1-6H3. The molecule has 0 saturated heterocycles. The molecule has 3 heteroatoms. The van der Waals surface area contributed by atoms with Crippen LogP contribution in [0.15, 0.2) is 0 Å². The van der Waals surface area contributed by atoms with E-state index in [1.165, 1.54) is 0 Å². The molecule has 13 heavy (non-hydrogen) atoms. The maximum absolute atomic E-state index is 9.65. The van der Waals surface area contributed by atoms with Crippen molar-refractivity contribution in [3.8, 4) is 0 Å². The molecule has 0 amide bonds. The molecule has 0 saturated carbocycles. The van der Waals surface area contributed by atoms with E-state index in [-0.39, 0.29) is 11.5 Å². The number of hydrogen-bond acceptors (Lipinski definition) is 2. The smallest absolute Gasteiger partial charge is 0.183 e. The highest BCUT2D eigenvalue weighted by Crippen LogP contribution is 2.21. The van der Waals surface area contributed by atoms with E-state index in [0.29, 0.717) is 6.61 Å². The third-order valence-electron chi connectivity index (χ3n) is 1.56. The zero-order valence-corrected chi connectivity index (χ0v) is 10.8. The first-order valence-electron chi connectivity index (χ1n) is 4.92. The molecular weight excluding hydrogens is 180 g/mol. The Bertz CT molecular complexity index is 144. The quantitative estimate of drug-likeness (QED) is 0.713. The number of aliphatic hydroxyl groups excluding tert-OH is 1. The fraction of sp³-hybridized carbons (Fsp3) is 1.00. The first kappa shape index (κ1) is 13.1. The van der Waals surface area contributed by atoms with E-state index < -0.39 is 8.32 Å². The van der Waals surface area contributed by atoms with Gasteiger partial charge in [-0.05, 0) is 31.5 Å². The fourth-order valence-electron chi connectivity index (χ4n) is 1.11. The highest BCUT2D eigenvalue weighted by Gasteiger charge is 2.20. The van der Waals surface area contributed by atoms with Gasteiger partial charge in [0.25, 0.3) is 0 Å². The predicted molar refractivity (Wildman–Crippen MR) is 59.4 cm³/mol. The topological polar surface area (TPSA) is 29.5 Å². The highest BCUT2D eigenvalue weighted by molar-refractivity contribution is 6.69. The summed E-state index contributed by atoms with van der Waals surface area (Å²) in [7, 11) is -1.46. The zero-order chi connectivity index (χ0) is 10.7. The minimum absolute atomic E-state index is 0.183. The van der Waals surface area contributed by atoms with E-state index in [0.717, 1.165) is 6.42 Å². The van der Waals surface area contributed by atoms with Crippen LogP contribution in [0, 0.1) is 5.41 Å². The summed E-state index contributed by atoms with van der Waals surface area (Å²) >= 11 is 0. The molecule has 0 aromatic heterocycles. The lowest BCUT2D eigenvalue weighted by Gasteiger charge is -2.25. The molecule has 0 aliphatic rings. The summed E-state index contributed by atoms with van der Waals surface area (Å²) in [5.74, 6) is 0. The maximum atomic E-state index is 9.65. The van der Waals surface area contributed by atoms with E-state index in [9.17, 15) is 5.11 Å². The molecule has 0 bridgehead atoms. The third-order valence-corrected chi connectivity index (χ3v) is 2.59. The van der Waals surface area contributed by atoms with Gasteiger partial charge in [-0.3, -0.25) is 0 Å². The van der Waals surface area contributed by atoms with Crippen LogP contribution in [0.1, 0.15) is 27.2 Å². The van der Waals surface area contributed by atoms with Gasteiger partial charge in [-0.2, -0.15) is 0 Å². The molecule has 0 rings (SSSR count). The van der Waals surface area contributed by atoms with Crippen molar-refractivity contribution in [2.75, 3.05) is 6.61 Å². The second kappa shape index (κ2) is 4.58. The van der Waals surface area contributed by atoms with Crippen LogP contribution in [0.4, 0.5) is 0 Å². The summed E-state index contributed by atoms with van der Waals surface area (Å²) in [4.78, 5) is 0. The van der Waals surface area contributed by atoms with Gasteiger partial charge in [0.15, 0.2) is 8.32 Å². The van der Waals surface area contributed by atoms with Gasteiger partial charge in [0.2, 0.25) is 0 Å². The van der Waals surface area contributed by atoms with E-state index in [1.807, 2.05) is 0 Å². The monoisotopic (exact) mass is 204 g/mol. The van der Waals surface area contributed by atoms with Crippen molar-refractivity contribution in [3.63, 3.8) is 0 Å². The minimum Gasteiger partial charge on any atom is -0.415 e. The molecule has 0 spiro atoms. The normalized spacial score (nSPS) is 15.9. The maximum Gasteiger partial charge on any atom is 0.183 e. The zero-order valence-electron chi connectivity index (χ0n) is 9.85. The molecule has 0 aromatic rings. The van der Waals surface area contributed by atoms with Crippen LogP contribution >= 0.6 is 0 Å².